The predicted molar refractivity (Wildman–Crippen MR) is 119 cm³/mol. The van der Waals surface area contributed by atoms with E-state index in [-0.39, 0.29) is 4.90 Å². The Morgan fingerprint density at radius 3 is 2.07 bits per heavy atom. The molecule has 3 aromatic rings. The van der Waals surface area contributed by atoms with Gasteiger partial charge in [0.15, 0.2) is 0 Å². The van der Waals surface area contributed by atoms with Crippen LogP contribution in [0.15, 0.2) is 77.7 Å². The van der Waals surface area contributed by atoms with Crippen LogP contribution in [0.5, 0.6) is 5.75 Å². The van der Waals surface area contributed by atoms with Crippen LogP contribution in [0.1, 0.15) is 11.1 Å². The Morgan fingerprint density at radius 1 is 0.900 bits per heavy atom. The fourth-order valence-electron chi connectivity index (χ4n) is 2.94. The molecule has 0 atom stereocenters. The second kappa shape index (κ2) is 9.00. The maximum Gasteiger partial charge on any atom is 0.264 e. The van der Waals surface area contributed by atoms with E-state index >= 15 is 0 Å². The van der Waals surface area contributed by atoms with Gasteiger partial charge in [0.2, 0.25) is 5.91 Å². The van der Waals surface area contributed by atoms with Crippen molar-refractivity contribution in [3.05, 3.63) is 83.9 Å². The zero-order chi connectivity index (χ0) is 21.7. The van der Waals surface area contributed by atoms with E-state index in [1.54, 1.807) is 48.5 Å². The zero-order valence-corrected chi connectivity index (χ0v) is 17.9. The fourth-order valence-corrected chi connectivity index (χ4v) is 4.37. The lowest BCUT2D eigenvalue weighted by molar-refractivity contribution is -0.114. The zero-order valence-electron chi connectivity index (χ0n) is 17.1. The van der Waals surface area contributed by atoms with Crippen LogP contribution in [0, 0.1) is 13.8 Å². The highest BCUT2D eigenvalue weighted by molar-refractivity contribution is 7.92. The molecule has 3 rings (SSSR count). The van der Waals surface area contributed by atoms with Crippen molar-refractivity contribution in [1.29, 1.82) is 0 Å². The Labute approximate surface area is 177 Å². The molecule has 0 fully saturated rings. The number of nitrogens with one attached hydrogen (secondary N) is 1. The minimum Gasteiger partial charge on any atom is -0.495 e. The number of benzene rings is 3. The summed E-state index contributed by atoms with van der Waals surface area (Å²) < 4.78 is 33.3. The van der Waals surface area contributed by atoms with Gasteiger partial charge in [-0.2, -0.15) is 0 Å². The second-order valence-corrected chi connectivity index (χ2v) is 8.77. The summed E-state index contributed by atoms with van der Waals surface area (Å²) in [5.74, 6) is -0.100. The highest BCUT2D eigenvalue weighted by atomic mass is 32.2. The summed E-state index contributed by atoms with van der Waals surface area (Å²) in [5.41, 5.74) is 2.89. The number of hydrogen-bond acceptors (Lipinski definition) is 4. The van der Waals surface area contributed by atoms with Crippen LogP contribution >= 0.6 is 0 Å². The molecule has 1 amide bonds. The number of amides is 1. The maximum absolute atomic E-state index is 13.4. The summed E-state index contributed by atoms with van der Waals surface area (Å²) in [7, 11) is -2.54. The Bertz CT molecular complexity index is 1120. The minimum absolute atomic E-state index is 0.0992. The molecule has 0 unspecified atom stereocenters. The van der Waals surface area contributed by atoms with Gasteiger partial charge in [0.05, 0.1) is 17.7 Å². The van der Waals surface area contributed by atoms with Gasteiger partial charge >= 0.3 is 0 Å². The summed E-state index contributed by atoms with van der Waals surface area (Å²) in [6.07, 6.45) is 0. The lowest BCUT2D eigenvalue weighted by Gasteiger charge is -2.25. The van der Waals surface area contributed by atoms with Gasteiger partial charge in [-0.3, -0.25) is 9.10 Å². The molecule has 0 aliphatic rings. The van der Waals surface area contributed by atoms with E-state index in [2.05, 4.69) is 5.32 Å². The monoisotopic (exact) mass is 424 g/mol. The number of carbonyl (C=O) groups excluding carboxylic acids is 1. The number of anilines is 2. The first-order chi connectivity index (χ1) is 14.3. The lowest BCUT2D eigenvalue weighted by Crippen LogP contribution is -2.38. The van der Waals surface area contributed by atoms with E-state index in [4.69, 9.17) is 4.74 Å². The highest BCUT2D eigenvalue weighted by Gasteiger charge is 2.29. The molecule has 156 valence electrons. The van der Waals surface area contributed by atoms with E-state index in [0.29, 0.717) is 17.1 Å². The summed E-state index contributed by atoms with van der Waals surface area (Å²) >= 11 is 0. The molecule has 0 aromatic heterocycles. The van der Waals surface area contributed by atoms with E-state index in [9.17, 15) is 13.2 Å². The molecular formula is C23H24N2O4S. The molecule has 0 spiro atoms. The van der Waals surface area contributed by atoms with E-state index in [0.717, 1.165) is 15.4 Å². The number of hydrogen-bond donors (Lipinski definition) is 1. The Morgan fingerprint density at radius 2 is 1.47 bits per heavy atom. The third kappa shape index (κ3) is 4.80. The van der Waals surface area contributed by atoms with Gasteiger partial charge in [-0.15, -0.1) is 0 Å². The van der Waals surface area contributed by atoms with E-state index in [1.165, 1.54) is 19.2 Å². The Hall–Kier alpha value is -3.32. The van der Waals surface area contributed by atoms with Crippen molar-refractivity contribution in [1.82, 2.24) is 0 Å². The molecular weight excluding hydrogens is 400 g/mol. The number of ether oxygens (including phenoxy) is 1. The van der Waals surface area contributed by atoms with Crippen LogP contribution in [0.4, 0.5) is 11.4 Å². The smallest absolute Gasteiger partial charge is 0.264 e. The van der Waals surface area contributed by atoms with E-state index < -0.39 is 22.5 Å². The molecule has 0 heterocycles. The predicted octanol–water partition coefficient (Wildman–Crippen LogP) is 4.15. The molecule has 0 radical (unpaired) electrons. The van der Waals surface area contributed by atoms with E-state index in [1.807, 2.05) is 26.0 Å². The average Bonchev–Trinajstić information content (AvgIpc) is 2.74. The van der Waals surface area contributed by atoms with Crippen molar-refractivity contribution in [3.8, 4) is 5.75 Å². The number of rotatable bonds is 7. The summed E-state index contributed by atoms with van der Waals surface area (Å²) in [4.78, 5) is 12.9. The summed E-state index contributed by atoms with van der Waals surface area (Å²) in [5, 5.41) is 2.75. The Balaban J connectivity index is 1.98. The number of aryl methyl sites for hydroxylation is 2. The molecule has 0 aliphatic carbocycles. The fraction of sp³-hybridized carbons (Fsp3) is 0.174. The molecule has 7 heteroatoms. The van der Waals surface area contributed by atoms with Gasteiger partial charge in [0.1, 0.15) is 12.3 Å². The minimum atomic E-state index is -4.01. The third-order valence-electron chi connectivity index (χ3n) is 4.59. The van der Waals surface area contributed by atoms with Crippen molar-refractivity contribution < 1.29 is 17.9 Å². The largest absolute Gasteiger partial charge is 0.495 e. The van der Waals surface area contributed by atoms with Crippen LogP contribution in [-0.2, 0) is 14.8 Å². The van der Waals surface area contributed by atoms with Crippen LogP contribution in [0.25, 0.3) is 0 Å². The summed E-state index contributed by atoms with van der Waals surface area (Å²) in [6, 6.07) is 20.5. The van der Waals surface area contributed by atoms with Gasteiger partial charge in [0.25, 0.3) is 10.0 Å². The van der Waals surface area contributed by atoms with Crippen molar-refractivity contribution in [2.24, 2.45) is 0 Å². The topological polar surface area (TPSA) is 75.7 Å². The van der Waals surface area contributed by atoms with Gasteiger partial charge in [-0.05, 0) is 50.2 Å². The maximum atomic E-state index is 13.4. The first-order valence-electron chi connectivity index (χ1n) is 9.40. The van der Waals surface area contributed by atoms with Crippen LogP contribution in [0.2, 0.25) is 0 Å². The molecule has 0 saturated carbocycles. The van der Waals surface area contributed by atoms with Crippen LogP contribution in [-0.4, -0.2) is 28.0 Å². The highest BCUT2D eigenvalue weighted by Crippen LogP contribution is 2.32. The quantitative estimate of drug-likeness (QED) is 0.618. The van der Waals surface area contributed by atoms with Crippen LogP contribution in [0.3, 0.4) is 0 Å². The average molecular weight is 425 g/mol. The number of nitrogens with zero attached hydrogens (tertiary/aromatic N) is 1. The third-order valence-corrected chi connectivity index (χ3v) is 6.36. The van der Waals surface area contributed by atoms with Crippen molar-refractivity contribution in [2.75, 3.05) is 23.3 Å². The standard InChI is InChI=1S/C23H24N2O4S/c1-17-8-12-19(13-9-17)24-23(26)16-25(21-6-4-5-7-22(21)29-3)30(27,28)20-14-10-18(2)11-15-20/h4-15H,16H2,1-3H3,(H,24,26). The van der Waals surface area contributed by atoms with Crippen molar-refractivity contribution in [3.63, 3.8) is 0 Å². The van der Waals surface area contributed by atoms with Crippen molar-refractivity contribution in [2.45, 2.75) is 18.7 Å². The van der Waals surface area contributed by atoms with Gasteiger partial charge in [-0.25, -0.2) is 8.42 Å². The lowest BCUT2D eigenvalue weighted by atomic mass is 10.2. The van der Waals surface area contributed by atoms with Gasteiger partial charge in [0, 0.05) is 5.69 Å². The molecule has 1 N–H and O–H groups in total. The molecule has 0 saturated heterocycles. The number of methoxy groups -OCH3 is 1. The first kappa shape index (κ1) is 21.4. The number of carbonyl (C=O) groups is 1. The molecule has 6 nitrogen and oxygen atoms in total. The number of sulfonamides is 1. The van der Waals surface area contributed by atoms with Gasteiger partial charge < -0.3 is 10.1 Å². The molecule has 3 aromatic carbocycles. The first-order valence-corrected chi connectivity index (χ1v) is 10.8. The second-order valence-electron chi connectivity index (χ2n) is 6.91. The molecule has 30 heavy (non-hydrogen) atoms. The Kier molecular flexibility index (Phi) is 6.42. The summed E-state index contributed by atoms with van der Waals surface area (Å²) in [6.45, 7) is 3.43. The number of para-hydroxylation sites is 2. The van der Waals surface area contributed by atoms with Gasteiger partial charge in [-0.1, -0.05) is 47.5 Å². The molecule has 0 bridgehead atoms. The van der Waals surface area contributed by atoms with Crippen molar-refractivity contribution >= 4 is 27.3 Å². The SMILES string of the molecule is COc1ccccc1N(CC(=O)Nc1ccc(C)cc1)S(=O)(=O)c1ccc(C)cc1. The molecule has 0 aliphatic heterocycles. The normalized spacial score (nSPS) is 11.0. The van der Waals surface area contributed by atoms with Crippen LogP contribution < -0.4 is 14.4 Å².